The first-order valence-electron chi connectivity index (χ1n) is 8.47. The van der Waals surface area contributed by atoms with Gasteiger partial charge in [0.25, 0.3) is 0 Å². The minimum Gasteiger partial charge on any atom is -0.444 e. The van der Waals surface area contributed by atoms with Crippen LogP contribution >= 0.6 is 0 Å². The van der Waals surface area contributed by atoms with Crippen molar-refractivity contribution in [2.24, 2.45) is 16.0 Å². The number of oxime groups is 2. The van der Waals surface area contributed by atoms with Crippen molar-refractivity contribution in [3.05, 3.63) is 59.8 Å². The van der Waals surface area contributed by atoms with Crippen molar-refractivity contribution in [1.82, 2.24) is 4.98 Å². The average Bonchev–Trinajstić information content (AvgIpc) is 2.64. The Morgan fingerprint density at radius 3 is 2.54 bits per heavy atom. The molecule has 1 aromatic carbocycles. The number of nitrogens with one attached hydrogen (secondary N) is 1. The van der Waals surface area contributed by atoms with E-state index in [4.69, 9.17) is 20.5 Å². The molecule has 0 bridgehead atoms. The molecule has 0 aliphatic heterocycles. The highest BCUT2D eigenvalue weighted by Crippen LogP contribution is 2.11. The van der Waals surface area contributed by atoms with E-state index >= 15 is 0 Å². The van der Waals surface area contributed by atoms with E-state index in [9.17, 15) is 4.79 Å². The van der Waals surface area contributed by atoms with E-state index in [1.54, 1.807) is 63.2 Å². The summed E-state index contributed by atoms with van der Waals surface area (Å²) < 4.78 is 5.19. The number of pyridine rings is 1. The van der Waals surface area contributed by atoms with Gasteiger partial charge in [-0.15, -0.1) is 0 Å². The first-order valence-corrected chi connectivity index (χ1v) is 8.47. The number of amidine groups is 1. The van der Waals surface area contributed by atoms with E-state index in [1.807, 2.05) is 6.07 Å². The summed E-state index contributed by atoms with van der Waals surface area (Å²) >= 11 is 0. The topological polar surface area (TPSA) is 131 Å². The van der Waals surface area contributed by atoms with Gasteiger partial charge in [-0.3, -0.25) is 5.32 Å². The molecule has 9 heteroatoms. The molecule has 1 heterocycles. The van der Waals surface area contributed by atoms with Crippen LogP contribution in [-0.4, -0.2) is 33.4 Å². The van der Waals surface area contributed by atoms with Crippen LogP contribution < -0.4 is 11.1 Å². The third-order valence-electron chi connectivity index (χ3n) is 3.20. The Kier molecular flexibility index (Phi) is 6.91. The van der Waals surface area contributed by atoms with Crippen LogP contribution in [0.3, 0.4) is 0 Å². The molecule has 148 valence electrons. The lowest BCUT2D eigenvalue weighted by molar-refractivity contribution is 0.0635. The van der Waals surface area contributed by atoms with Crippen LogP contribution in [0.4, 0.5) is 10.6 Å². The standard InChI is InChI=1S/C19H23N5O4/c1-19(2,3)28-18(25)22-15-11-7-10-14(21-15)12-27-24-16(17(20)23-26)13-8-5-4-6-9-13/h4-11,26H,12H2,1-3H3,(H2,20,23)(H,21,22,25)/b24-16+. The third-order valence-corrected chi connectivity index (χ3v) is 3.20. The lowest BCUT2D eigenvalue weighted by Crippen LogP contribution is -2.27. The molecule has 0 radical (unpaired) electrons. The van der Waals surface area contributed by atoms with Gasteiger partial charge in [0.15, 0.2) is 18.2 Å². The van der Waals surface area contributed by atoms with E-state index in [1.165, 1.54) is 0 Å². The van der Waals surface area contributed by atoms with E-state index < -0.39 is 11.7 Å². The predicted molar refractivity (Wildman–Crippen MR) is 105 cm³/mol. The van der Waals surface area contributed by atoms with Gasteiger partial charge in [-0.1, -0.05) is 46.7 Å². The predicted octanol–water partition coefficient (Wildman–Crippen LogP) is 3.10. The van der Waals surface area contributed by atoms with Gasteiger partial charge < -0.3 is 20.5 Å². The molecular weight excluding hydrogens is 362 g/mol. The minimum absolute atomic E-state index is 0.0128. The summed E-state index contributed by atoms with van der Waals surface area (Å²) in [6, 6.07) is 14.0. The van der Waals surface area contributed by atoms with E-state index in [0.717, 1.165) is 0 Å². The molecule has 2 aromatic rings. The molecule has 0 unspecified atom stereocenters. The third kappa shape index (κ3) is 6.60. The number of hydrogen-bond donors (Lipinski definition) is 3. The van der Waals surface area contributed by atoms with Crippen molar-refractivity contribution in [1.29, 1.82) is 0 Å². The number of ether oxygens (including phenoxy) is 1. The molecule has 0 saturated carbocycles. The number of amides is 1. The zero-order valence-electron chi connectivity index (χ0n) is 15.9. The Morgan fingerprint density at radius 1 is 1.18 bits per heavy atom. The molecule has 9 nitrogen and oxygen atoms in total. The lowest BCUT2D eigenvalue weighted by atomic mass is 10.1. The van der Waals surface area contributed by atoms with Crippen molar-refractivity contribution in [2.75, 3.05) is 5.32 Å². The van der Waals surface area contributed by atoms with Crippen LogP contribution in [-0.2, 0) is 16.2 Å². The summed E-state index contributed by atoms with van der Waals surface area (Å²) in [4.78, 5) is 21.4. The lowest BCUT2D eigenvalue weighted by Gasteiger charge is -2.19. The Labute approximate surface area is 162 Å². The van der Waals surface area contributed by atoms with Gasteiger partial charge in [-0.2, -0.15) is 0 Å². The maximum atomic E-state index is 11.8. The fraction of sp³-hybridized carbons (Fsp3) is 0.263. The Bertz CT molecular complexity index is 860. The average molecular weight is 385 g/mol. The van der Waals surface area contributed by atoms with Crippen molar-refractivity contribution in [3.8, 4) is 0 Å². The van der Waals surface area contributed by atoms with Gasteiger partial charge in [-0.05, 0) is 32.9 Å². The summed E-state index contributed by atoms with van der Waals surface area (Å²) in [5.74, 6) is 0.138. The summed E-state index contributed by atoms with van der Waals surface area (Å²) in [6.45, 7) is 5.33. The Hall–Kier alpha value is -3.62. The molecule has 0 atom stereocenters. The van der Waals surface area contributed by atoms with E-state index in [2.05, 4.69) is 20.6 Å². The number of nitrogens with two attached hydrogens (primary N) is 1. The summed E-state index contributed by atoms with van der Waals surface area (Å²) in [5.41, 5.74) is 6.40. The van der Waals surface area contributed by atoms with Crippen molar-refractivity contribution in [3.63, 3.8) is 0 Å². The zero-order chi connectivity index (χ0) is 20.6. The van der Waals surface area contributed by atoms with E-state index in [0.29, 0.717) is 17.1 Å². The minimum atomic E-state index is -0.610. The largest absolute Gasteiger partial charge is 0.444 e. The SMILES string of the molecule is CC(C)(C)OC(=O)Nc1cccc(CO/N=C(/C(N)=NO)c2ccccc2)n1. The Balaban J connectivity index is 2.05. The molecule has 2 rings (SSSR count). The van der Waals surface area contributed by atoms with Gasteiger partial charge in [0.2, 0.25) is 0 Å². The number of aromatic nitrogens is 1. The van der Waals surface area contributed by atoms with Crippen LogP contribution in [0.1, 0.15) is 32.0 Å². The number of nitrogens with zero attached hydrogens (tertiary/aromatic N) is 3. The zero-order valence-corrected chi connectivity index (χ0v) is 15.9. The van der Waals surface area contributed by atoms with Gasteiger partial charge in [0, 0.05) is 5.56 Å². The number of carbonyl (C=O) groups is 1. The molecule has 0 aliphatic carbocycles. The fourth-order valence-corrected chi connectivity index (χ4v) is 2.09. The van der Waals surface area contributed by atoms with Crippen molar-refractivity contribution < 1.29 is 19.6 Å². The maximum Gasteiger partial charge on any atom is 0.413 e. The molecular formula is C19H23N5O4. The number of hydrogen-bond acceptors (Lipinski definition) is 7. The van der Waals surface area contributed by atoms with Crippen LogP contribution in [0.25, 0.3) is 0 Å². The molecule has 0 fully saturated rings. The second-order valence-electron chi connectivity index (χ2n) is 6.71. The second kappa shape index (κ2) is 9.36. The van der Waals surface area contributed by atoms with Crippen LogP contribution in [0, 0.1) is 0 Å². The first-order chi connectivity index (χ1) is 13.3. The van der Waals surface area contributed by atoms with Crippen molar-refractivity contribution in [2.45, 2.75) is 33.0 Å². The highest BCUT2D eigenvalue weighted by molar-refractivity contribution is 6.46. The molecule has 28 heavy (non-hydrogen) atoms. The second-order valence-corrected chi connectivity index (χ2v) is 6.71. The summed E-state index contributed by atoms with van der Waals surface area (Å²) in [5, 5.41) is 18.4. The molecule has 0 spiro atoms. The number of carbonyl (C=O) groups excluding carboxylic acids is 1. The van der Waals surface area contributed by atoms with Gasteiger partial charge in [0.05, 0.1) is 5.69 Å². The summed E-state index contributed by atoms with van der Waals surface area (Å²) in [6.07, 6.45) is -0.602. The summed E-state index contributed by atoms with van der Waals surface area (Å²) in [7, 11) is 0. The first kappa shape index (κ1) is 20.7. The fourth-order valence-electron chi connectivity index (χ4n) is 2.09. The van der Waals surface area contributed by atoms with Gasteiger partial charge in [0.1, 0.15) is 11.4 Å². The quantitative estimate of drug-likeness (QED) is 0.303. The van der Waals surface area contributed by atoms with Crippen LogP contribution in [0.15, 0.2) is 58.8 Å². The number of anilines is 1. The normalized spacial score (nSPS) is 12.4. The molecule has 0 saturated heterocycles. The van der Waals surface area contributed by atoms with Crippen LogP contribution in [0.5, 0.6) is 0 Å². The van der Waals surface area contributed by atoms with E-state index in [-0.39, 0.29) is 18.2 Å². The van der Waals surface area contributed by atoms with Gasteiger partial charge >= 0.3 is 6.09 Å². The number of benzene rings is 1. The monoisotopic (exact) mass is 385 g/mol. The molecule has 1 aromatic heterocycles. The van der Waals surface area contributed by atoms with Crippen molar-refractivity contribution >= 4 is 23.5 Å². The Morgan fingerprint density at radius 2 is 1.89 bits per heavy atom. The highest BCUT2D eigenvalue weighted by Gasteiger charge is 2.16. The van der Waals surface area contributed by atoms with Gasteiger partial charge in [-0.25, -0.2) is 9.78 Å². The maximum absolute atomic E-state index is 11.8. The highest BCUT2D eigenvalue weighted by atomic mass is 16.6. The molecule has 0 aliphatic rings. The smallest absolute Gasteiger partial charge is 0.413 e. The number of rotatable bonds is 6. The molecule has 4 N–H and O–H groups in total. The van der Waals surface area contributed by atoms with Crippen LogP contribution in [0.2, 0.25) is 0 Å². The molecule has 1 amide bonds.